The standard InChI is InChI=1S/C24H26F2N2O7S/c1-36(31,32)34-16-19-14-28(23(30)35-19)18-7-8-20(21(25)13-18)24(26)9-11-27(12-10-24)22(29)33-15-17-5-3-2-4-6-17/h2-8,13,19H,9-12,14-16H2,1H3. The molecule has 0 spiro atoms. The lowest BCUT2D eigenvalue weighted by Gasteiger charge is -2.36. The Bertz CT molecular complexity index is 1220. The van der Waals surface area contributed by atoms with Crippen molar-refractivity contribution in [3.05, 3.63) is 65.5 Å². The molecule has 0 aromatic heterocycles. The number of hydrogen-bond acceptors (Lipinski definition) is 7. The van der Waals surface area contributed by atoms with Gasteiger partial charge in [-0.05, 0) is 17.7 Å². The third-order valence-electron chi connectivity index (χ3n) is 6.11. The van der Waals surface area contributed by atoms with Gasteiger partial charge in [-0.15, -0.1) is 0 Å². The molecule has 194 valence electrons. The molecule has 36 heavy (non-hydrogen) atoms. The highest BCUT2D eigenvalue weighted by Crippen LogP contribution is 2.39. The van der Waals surface area contributed by atoms with E-state index in [9.17, 15) is 22.4 Å². The predicted molar refractivity (Wildman–Crippen MR) is 125 cm³/mol. The first-order valence-corrected chi connectivity index (χ1v) is 13.1. The van der Waals surface area contributed by atoms with Crippen LogP contribution >= 0.6 is 0 Å². The lowest BCUT2D eigenvalue weighted by Crippen LogP contribution is -2.43. The van der Waals surface area contributed by atoms with E-state index in [1.807, 2.05) is 30.3 Å². The molecule has 9 nitrogen and oxygen atoms in total. The number of likely N-dealkylation sites (tertiary alicyclic amines) is 1. The van der Waals surface area contributed by atoms with Crippen LogP contribution in [0.5, 0.6) is 0 Å². The molecular formula is C24H26F2N2O7S. The van der Waals surface area contributed by atoms with E-state index in [1.165, 1.54) is 17.0 Å². The first-order chi connectivity index (χ1) is 17.0. The average molecular weight is 525 g/mol. The Morgan fingerprint density at radius 3 is 2.50 bits per heavy atom. The number of carbonyl (C=O) groups is 2. The molecule has 1 atom stereocenters. The van der Waals surface area contributed by atoms with E-state index in [0.717, 1.165) is 22.8 Å². The zero-order valence-electron chi connectivity index (χ0n) is 19.6. The van der Waals surface area contributed by atoms with E-state index < -0.39 is 39.9 Å². The fraction of sp³-hybridized carbons (Fsp3) is 0.417. The van der Waals surface area contributed by atoms with Crippen LogP contribution in [-0.4, -0.2) is 64.1 Å². The van der Waals surface area contributed by atoms with Crippen molar-refractivity contribution >= 4 is 28.0 Å². The quantitative estimate of drug-likeness (QED) is 0.509. The second-order valence-electron chi connectivity index (χ2n) is 8.76. The van der Waals surface area contributed by atoms with E-state index in [1.54, 1.807) is 0 Å². The Hall–Kier alpha value is -3.25. The topological polar surface area (TPSA) is 102 Å². The maximum absolute atomic E-state index is 15.7. The van der Waals surface area contributed by atoms with Gasteiger partial charge in [-0.1, -0.05) is 36.4 Å². The molecule has 4 rings (SSSR count). The lowest BCUT2D eigenvalue weighted by atomic mass is 9.85. The fourth-order valence-electron chi connectivity index (χ4n) is 4.18. The summed E-state index contributed by atoms with van der Waals surface area (Å²) in [4.78, 5) is 27.0. The molecule has 2 aliphatic heterocycles. The number of carbonyl (C=O) groups excluding carboxylic acids is 2. The van der Waals surface area contributed by atoms with Crippen LogP contribution in [0.1, 0.15) is 24.0 Å². The van der Waals surface area contributed by atoms with Gasteiger partial charge in [0, 0.05) is 31.5 Å². The molecule has 2 heterocycles. The van der Waals surface area contributed by atoms with Gasteiger partial charge in [0.25, 0.3) is 10.1 Å². The van der Waals surface area contributed by atoms with Gasteiger partial charge >= 0.3 is 12.2 Å². The number of cyclic esters (lactones) is 1. The minimum Gasteiger partial charge on any atom is -0.445 e. The van der Waals surface area contributed by atoms with Crippen LogP contribution in [-0.2, 0) is 36.1 Å². The number of ether oxygens (including phenoxy) is 2. The molecule has 0 radical (unpaired) electrons. The minimum absolute atomic E-state index is 0.0477. The maximum atomic E-state index is 15.7. The van der Waals surface area contributed by atoms with Crippen LogP contribution in [0, 0.1) is 5.82 Å². The number of alkyl halides is 1. The number of piperidine rings is 1. The Kier molecular flexibility index (Phi) is 7.46. The second-order valence-corrected chi connectivity index (χ2v) is 10.4. The highest BCUT2D eigenvalue weighted by atomic mass is 32.2. The third kappa shape index (κ3) is 6.11. The van der Waals surface area contributed by atoms with Gasteiger partial charge in [0.2, 0.25) is 0 Å². The molecule has 0 N–H and O–H groups in total. The van der Waals surface area contributed by atoms with Gasteiger partial charge in [0.05, 0.1) is 18.5 Å². The van der Waals surface area contributed by atoms with Crippen molar-refractivity contribution in [2.24, 2.45) is 0 Å². The van der Waals surface area contributed by atoms with Crippen molar-refractivity contribution in [1.82, 2.24) is 4.90 Å². The van der Waals surface area contributed by atoms with Crippen LogP contribution in [0.25, 0.3) is 0 Å². The minimum atomic E-state index is -3.71. The van der Waals surface area contributed by atoms with Gasteiger partial charge < -0.3 is 14.4 Å². The third-order valence-corrected chi connectivity index (χ3v) is 6.67. The number of benzene rings is 2. The molecule has 0 saturated carbocycles. The maximum Gasteiger partial charge on any atom is 0.414 e. The second kappa shape index (κ2) is 10.4. The van der Waals surface area contributed by atoms with Crippen molar-refractivity contribution in [3.8, 4) is 0 Å². The summed E-state index contributed by atoms with van der Waals surface area (Å²) in [5, 5.41) is 0. The number of amides is 2. The van der Waals surface area contributed by atoms with Gasteiger partial charge in [-0.2, -0.15) is 8.42 Å². The zero-order valence-corrected chi connectivity index (χ0v) is 20.4. The van der Waals surface area contributed by atoms with Crippen LogP contribution in [0.15, 0.2) is 48.5 Å². The average Bonchev–Trinajstić information content (AvgIpc) is 3.22. The Labute approximate surface area is 207 Å². The Morgan fingerprint density at radius 1 is 1.17 bits per heavy atom. The molecule has 2 fully saturated rings. The van der Waals surface area contributed by atoms with Gasteiger partial charge in [-0.3, -0.25) is 9.08 Å². The molecule has 12 heteroatoms. The molecule has 0 aliphatic carbocycles. The number of halogens is 2. The number of nitrogens with zero attached hydrogens (tertiary/aromatic N) is 2. The first kappa shape index (κ1) is 25.8. The highest BCUT2D eigenvalue weighted by Gasteiger charge is 2.41. The van der Waals surface area contributed by atoms with Crippen LogP contribution in [0.2, 0.25) is 0 Å². The van der Waals surface area contributed by atoms with E-state index in [4.69, 9.17) is 9.47 Å². The van der Waals surface area contributed by atoms with Crippen molar-refractivity contribution in [3.63, 3.8) is 0 Å². The summed E-state index contributed by atoms with van der Waals surface area (Å²) in [6.07, 6.45) is -1.55. The summed E-state index contributed by atoms with van der Waals surface area (Å²) in [6, 6.07) is 12.9. The summed E-state index contributed by atoms with van der Waals surface area (Å²) in [6.45, 7) is -0.182. The SMILES string of the molecule is CS(=O)(=O)OCC1CN(c2ccc(C3(F)CCN(C(=O)OCc4ccccc4)CC3)c(F)c2)C(=O)O1. The fourth-order valence-corrected chi connectivity index (χ4v) is 4.58. The summed E-state index contributed by atoms with van der Waals surface area (Å²) >= 11 is 0. The van der Waals surface area contributed by atoms with Gasteiger partial charge in [-0.25, -0.2) is 18.4 Å². The van der Waals surface area contributed by atoms with Crippen LogP contribution in [0.3, 0.4) is 0 Å². The molecule has 2 aromatic carbocycles. The summed E-state index contributed by atoms with van der Waals surface area (Å²) in [5.41, 5.74) is -1.17. The molecular weight excluding hydrogens is 498 g/mol. The number of rotatable bonds is 7. The smallest absolute Gasteiger partial charge is 0.414 e. The van der Waals surface area contributed by atoms with Crippen LogP contribution in [0.4, 0.5) is 24.1 Å². The molecule has 2 aromatic rings. The molecule has 2 aliphatic rings. The summed E-state index contributed by atoms with van der Waals surface area (Å²) < 4.78 is 68.0. The normalized spacial score (nSPS) is 19.8. The van der Waals surface area contributed by atoms with Crippen molar-refractivity contribution in [2.45, 2.75) is 31.2 Å². The van der Waals surface area contributed by atoms with E-state index in [2.05, 4.69) is 4.18 Å². The van der Waals surface area contributed by atoms with E-state index in [0.29, 0.717) is 0 Å². The number of anilines is 1. The Balaban J connectivity index is 1.35. The van der Waals surface area contributed by atoms with Crippen LogP contribution < -0.4 is 4.90 Å². The summed E-state index contributed by atoms with van der Waals surface area (Å²) in [7, 11) is -3.71. The van der Waals surface area contributed by atoms with Gasteiger partial charge in [0.1, 0.15) is 30.8 Å². The number of hydrogen-bond donors (Lipinski definition) is 0. The zero-order chi connectivity index (χ0) is 25.9. The van der Waals surface area contributed by atoms with Crippen molar-refractivity contribution in [2.75, 3.05) is 37.4 Å². The summed E-state index contributed by atoms with van der Waals surface area (Å²) in [5.74, 6) is -0.834. The molecule has 1 unspecified atom stereocenters. The van der Waals surface area contributed by atoms with Crippen molar-refractivity contribution < 1.29 is 40.4 Å². The van der Waals surface area contributed by atoms with Gasteiger partial charge in [0.15, 0.2) is 0 Å². The predicted octanol–water partition coefficient (Wildman–Crippen LogP) is 3.72. The molecule has 2 amide bonds. The largest absolute Gasteiger partial charge is 0.445 e. The molecule has 0 bridgehead atoms. The highest BCUT2D eigenvalue weighted by molar-refractivity contribution is 7.85. The van der Waals surface area contributed by atoms with E-state index in [-0.39, 0.29) is 56.9 Å². The van der Waals surface area contributed by atoms with E-state index >= 15 is 4.39 Å². The first-order valence-electron chi connectivity index (χ1n) is 11.3. The monoisotopic (exact) mass is 524 g/mol. The van der Waals surface area contributed by atoms with Crippen molar-refractivity contribution in [1.29, 1.82) is 0 Å². The Morgan fingerprint density at radius 2 is 1.86 bits per heavy atom. The molecule has 2 saturated heterocycles. The lowest BCUT2D eigenvalue weighted by molar-refractivity contribution is 0.0374.